The molecule has 2 aromatic heterocycles. The number of anilines is 3. The molecule has 70 heavy (non-hydrogen) atoms. The lowest BCUT2D eigenvalue weighted by atomic mass is 9.68. The van der Waals surface area contributed by atoms with Crippen LogP contribution in [0.1, 0.15) is 22.3 Å². The topological polar surface area (TPSA) is 3.24 Å². The van der Waals surface area contributed by atoms with Gasteiger partial charge in [0.1, 0.15) is 0 Å². The molecule has 14 rings (SSSR count). The van der Waals surface area contributed by atoms with Gasteiger partial charge in [0.2, 0.25) is 0 Å². The summed E-state index contributed by atoms with van der Waals surface area (Å²) in [6.45, 7) is 0. The van der Waals surface area contributed by atoms with Gasteiger partial charge in [0.25, 0.3) is 0 Å². The summed E-state index contributed by atoms with van der Waals surface area (Å²) >= 11 is 3.74. The first kappa shape index (κ1) is 40.7. The second-order valence-electron chi connectivity index (χ2n) is 18.3. The normalized spacial score (nSPS) is 12.7. The minimum atomic E-state index is -0.520. The van der Waals surface area contributed by atoms with Gasteiger partial charge in [-0.15, -0.1) is 22.7 Å². The lowest BCUT2D eigenvalue weighted by Gasteiger charge is -2.34. The molecule has 0 fully saturated rings. The van der Waals surface area contributed by atoms with Crippen LogP contribution >= 0.6 is 22.7 Å². The lowest BCUT2D eigenvalue weighted by molar-refractivity contribution is 0.768. The van der Waals surface area contributed by atoms with Crippen LogP contribution in [0.5, 0.6) is 0 Å². The predicted octanol–water partition coefficient (Wildman–Crippen LogP) is 19.3. The monoisotopic (exact) mass is 925 g/mol. The Bertz CT molecular complexity index is 4070. The van der Waals surface area contributed by atoms with Crippen LogP contribution in [0, 0.1) is 0 Å². The molecule has 1 aliphatic carbocycles. The molecule has 2 heterocycles. The van der Waals surface area contributed by atoms with Crippen molar-refractivity contribution in [1.29, 1.82) is 0 Å². The molecular weight excluding hydrogens is 883 g/mol. The van der Waals surface area contributed by atoms with Crippen LogP contribution in [-0.2, 0) is 5.41 Å². The summed E-state index contributed by atoms with van der Waals surface area (Å²) in [6, 6.07) is 96.8. The van der Waals surface area contributed by atoms with E-state index < -0.39 is 5.41 Å². The molecule has 0 saturated heterocycles. The van der Waals surface area contributed by atoms with E-state index in [1.807, 2.05) is 22.7 Å². The Morgan fingerprint density at radius 1 is 0.300 bits per heavy atom. The molecular formula is C67H43NS2. The van der Waals surface area contributed by atoms with Gasteiger partial charge in [-0.05, 0) is 116 Å². The van der Waals surface area contributed by atoms with Crippen LogP contribution < -0.4 is 4.90 Å². The third-order valence-corrected chi connectivity index (χ3v) is 16.9. The fourth-order valence-corrected chi connectivity index (χ4v) is 13.8. The van der Waals surface area contributed by atoms with E-state index in [9.17, 15) is 0 Å². The Morgan fingerprint density at radius 2 is 0.829 bits per heavy atom. The van der Waals surface area contributed by atoms with Crippen molar-refractivity contribution in [3.05, 3.63) is 283 Å². The molecule has 0 saturated carbocycles. The van der Waals surface area contributed by atoms with Gasteiger partial charge in [-0.1, -0.05) is 206 Å². The second kappa shape index (κ2) is 16.4. The van der Waals surface area contributed by atoms with E-state index in [0.29, 0.717) is 0 Å². The standard InChI is InChI=1S/C67H43NS2/c1-3-17-49(18-4-1)67(50-19-5-2-6-20-50)59-27-10-7-24-57(59)65-60(67)28-15-29-61(65)68(52-21-13-16-48(42-52)53-25-14-26-56-54-22-8-12-31-63(54)70-66(53)56)51-39-36-45(37-40-51)44-32-34-46(35-33-44)47-38-41-64-58(43-47)55-23-9-11-30-62(55)69-64/h1-43H. The summed E-state index contributed by atoms with van der Waals surface area (Å²) in [5.41, 5.74) is 17.7. The molecule has 1 nitrogen and oxygen atoms in total. The van der Waals surface area contributed by atoms with Crippen molar-refractivity contribution < 1.29 is 0 Å². The summed E-state index contributed by atoms with van der Waals surface area (Å²) in [4.78, 5) is 2.49. The Morgan fingerprint density at radius 3 is 1.57 bits per heavy atom. The maximum atomic E-state index is 2.49. The van der Waals surface area contributed by atoms with Gasteiger partial charge in [-0.25, -0.2) is 0 Å². The van der Waals surface area contributed by atoms with Gasteiger partial charge in [0.05, 0.1) is 11.1 Å². The molecule has 13 aromatic rings. The maximum absolute atomic E-state index is 2.49. The van der Waals surface area contributed by atoms with E-state index >= 15 is 0 Å². The summed E-state index contributed by atoms with van der Waals surface area (Å²) in [7, 11) is 0. The predicted molar refractivity (Wildman–Crippen MR) is 301 cm³/mol. The van der Waals surface area contributed by atoms with E-state index in [4.69, 9.17) is 0 Å². The van der Waals surface area contributed by atoms with E-state index in [1.54, 1.807) is 0 Å². The number of hydrogen-bond acceptors (Lipinski definition) is 3. The highest BCUT2D eigenvalue weighted by Crippen LogP contribution is 2.59. The minimum Gasteiger partial charge on any atom is -0.310 e. The number of hydrogen-bond donors (Lipinski definition) is 0. The first-order valence-corrected chi connectivity index (χ1v) is 25.6. The quantitative estimate of drug-likeness (QED) is 0.147. The molecule has 0 bridgehead atoms. The van der Waals surface area contributed by atoms with Crippen molar-refractivity contribution >= 4 is 80.1 Å². The molecule has 328 valence electrons. The van der Waals surface area contributed by atoms with Crippen LogP contribution in [0.15, 0.2) is 261 Å². The Balaban J connectivity index is 0.926. The highest BCUT2D eigenvalue weighted by molar-refractivity contribution is 7.26. The van der Waals surface area contributed by atoms with Crippen molar-refractivity contribution in [2.24, 2.45) is 0 Å². The Kier molecular flexibility index (Phi) is 9.55. The molecule has 0 spiro atoms. The van der Waals surface area contributed by atoms with Gasteiger partial charge < -0.3 is 4.90 Å². The molecule has 0 atom stereocenters. The zero-order valence-electron chi connectivity index (χ0n) is 38.1. The molecule has 0 radical (unpaired) electrons. The fourth-order valence-electron chi connectivity index (χ4n) is 11.4. The van der Waals surface area contributed by atoms with Crippen molar-refractivity contribution in [3.63, 3.8) is 0 Å². The van der Waals surface area contributed by atoms with Crippen LogP contribution in [0.25, 0.3) is 84.9 Å². The largest absolute Gasteiger partial charge is 0.310 e. The number of fused-ring (bicyclic) bond motifs is 9. The lowest BCUT2D eigenvalue weighted by Crippen LogP contribution is -2.28. The minimum absolute atomic E-state index is 0.520. The number of rotatable bonds is 8. The van der Waals surface area contributed by atoms with Gasteiger partial charge in [0, 0.05) is 57.3 Å². The summed E-state index contributed by atoms with van der Waals surface area (Å²) in [6.07, 6.45) is 0. The number of nitrogens with zero attached hydrogens (tertiary/aromatic N) is 1. The molecule has 0 aliphatic heterocycles. The summed E-state index contributed by atoms with van der Waals surface area (Å²) < 4.78 is 5.28. The molecule has 11 aromatic carbocycles. The van der Waals surface area contributed by atoms with Crippen molar-refractivity contribution in [1.82, 2.24) is 0 Å². The highest BCUT2D eigenvalue weighted by atomic mass is 32.1. The zero-order valence-corrected chi connectivity index (χ0v) is 39.7. The first-order chi connectivity index (χ1) is 34.7. The van der Waals surface area contributed by atoms with Gasteiger partial charge >= 0.3 is 0 Å². The van der Waals surface area contributed by atoms with Crippen LogP contribution in [0.3, 0.4) is 0 Å². The molecule has 0 unspecified atom stereocenters. The average molecular weight is 926 g/mol. The molecule has 0 amide bonds. The third-order valence-electron chi connectivity index (χ3n) is 14.6. The third kappa shape index (κ3) is 6.36. The first-order valence-electron chi connectivity index (χ1n) is 24.0. The van der Waals surface area contributed by atoms with E-state index in [2.05, 4.69) is 266 Å². The van der Waals surface area contributed by atoms with Gasteiger partial charge in [-0.2, -0.15) is 0 Å². The highest BCUT2D eigenvalue weighted by Gasteiger charge is 2.47. The van der Waals surface area contributed by atoms with Crippen LogP contribution in [0.2, 0.25) is 0 Å². The van der Waals surface area contributed by atoms with Gasteiger partial charge in [-0.3, -0.25) is 0 Å². The van der Waals surface area contributed by atoms with Crippen molar-refractivity contribution in [2.75, 3.05) is 4.90 Å². The Hall–Kier alpha value is -8.34. The van der Waals surface area contributed by atoms with E-state index in [0.717, 1.165) is 17.1 Å². The van der Waals surface area contributed by atoms with E-state index in [1.165, 1.54) is 107 Å². The van der Waals surface area contributed by atoms with Crippen LogP contribution in [-0.4, -0.2) is 0 Å². The average Bonchev–Trinajstić information content (AvgIpc) is 4.10. The van der Waals surface area contributed by atoms with Crippen molar-refractivity contribution in [2.45, 2.75) is 5.41 Å². The van der Waals surface area contributed by atoms with Crippen molar-refractivity contribution in [3.8, 4) is 44.5 Å². The SMILES string of the molecule is c1ccc(C2(c3ccccc3)c3ccccc3-c3c(N(c4ccc(-c5ccc(-c6ccc7sc8ccccc8c7c6)cc5)cc4)c4cccc(-c5cccc6c5sc5ccccc56)c4)cccc32)cc1. The van der Waals surface area contributed by atoms with Crippen LogP contribution in [0.4, 0.5) is 17.1 Å². The second-order valence-corrected chi connectivity index (χ2v) is 20.5. The molecule has 1 aliphatic rings. The van der Waals surface area contributed by atoms with Gasteiger partial charge in [0.15, 0.2) is 0 Å². The number of benzene rings is 11. The number of thiophene rings is 2. The fraction of sp³-hybridized carbons (Fsp3) is 0.0149. The Labute approximate surface area is 415 Å². The smallest absolute Gasteiger partial charge is 0.0714 e. The summed E-state index contributed by atoms with van der Waals surface area (Å²) in [5.74, 6) is 0. The molecule has 0 N–H and O–H groups in total. The summed E-state index contributed by atoms with van der Waals surface area (Å²) in [5, 5.41) is 5.26. The van der Waals surface area contributed by atoms with E-state index in [-0.39, 0.29) is 0 Å². The maximum Gasteiger partial charge on any atom is 0.0714 e. The zero-order chi connectivity index (χ0) is 46.2. The molecule has 3 heteroatoms.